The van der Waals surface area contributed by atoms with Crippen molar-refractivity contribution in [2.45, 2.75) is 6.42 Å². The summed E-state index contributed by atoms with van der Waals surface area (Å²) in [4.78, 5) is 27.2. The fourth-order valence-electron chi connectivity index (χ4n) is 1.78. The maximum atomic E-state index is 11.7. The second-order valence-corrected chi connectivity index (χ2v) is 5.47. The average molecular weight is 363 g/mol. The van der Waals surface area contributed by atoms with Crippen molar-refractivity contribution in [1.29, 1.82) is 0 Å². The minimum Gasteiger partial charge on any atom is -0.452 e. The summed E-state index contributed by atoms with van der Waals surface area (Å²) in [7, 11) is 0. The second kappa shape index (κ2) is 8.29. The van der Waals surface area contributed by atoms with Gasteiger partial charge in [0.2, 0.25) is 0 Å². The SMILES string of the molecule is O=C(COC(=O)c1cncc(Br)c1)NCCc1ccccc1. The van der Waals surface area contributed by atoms with Gasteiger partial charge in [0.15, 0.2) is 6.61 Å². The minimum atomic E-state index is -0.577. The number of esters is 1. The lowest BCUT2D eigenvalue weighted by Gasteiger charge is -2.07. The normalized spacial score (nSPS) is 10.0. The minimum absolute atomic E-state index is 0.298. The summed E-state index contributed by atoms with van der Waals surface area (Å²) >= 11 is 3.22. The van der Waals surface area contributed by atoms with Crippen molar-refractivity contribution in [2.24, 2.45) is 0 Å². The molecule has 0 saturated heterocycles. The summed E-state index contributed by atoms with van der Waals surface area (Å²) in [5, 5.41) is 2.71. The van der Waals surface area contributed by atoms with Gasteiger partial charge in [-0.25, -0.2) is 4.79 Å². The smallest absolute Gasteiger partial charge is 0.340 e. The Morgan fingerprint density at radius 2 is 1.95 bits per heavy atom. The number of ether oxygens (including phenoxy) is 1. The number of carbonyl (C=O) groups is 2. The molecular weight excluding hydrogens is 348 g/mol. The maximum absolute atomic E-state index is 11.7. The molecule has 1 aromatic carbocycles. The van der Waals surface area contributed by atoms with E-state index in [4.69, 9.17) is 4.74 Å². The largest absolute Gasteiger partial charge is 0.452 e. The molecular formula is C16H15BrN2O3. The Morgan fingerprint density at radius 3 is 2.68 bits per heavy atom. The highest BCUT2D eigenvalue weighted by atomic mass is 79.9. The van der Waals surface area contributed by atoms with Gasteiger partial charge in [0, 0.05) is 23.4 Å². The first-order valence-electron chi connectivity index (χ1n) is 6.73. The number of benzene rings is 1. The van der Waals surface area contributed by atoms with Gasteiger partial charge in [-0.3, -0.25) is 9.78 Å². The van der Waals surface area contributed by atoms with Crippen molar-refractivity contribution < 1.29 is 14.3 Å². The van der Waals surface area contributed by atoms with Gasteiger partial charge >= 0.3 is 5.97 Å². The number of nitrogens with one attached hydrogen (secondary N) is 1. The lowest BCUT2D eigenvalue weighted by atomic mass is 10.1. The molecule has 0 bridgehead atoms. The van der Waals surface area contributed by atoms with Crippen LogP contribution in [0.1, 0.15) is 15.9 Å². The Bertz CT molecular complexity index is 647. The molecule has 0 radical (unpaired) electrons. The van der Waals surface area contributed by atoms with Gasteiger partial charge in [0.25, 0.3) is 5.91 Å². The number of pyridine rings is 1. The van der Waals surface area contributed by atoms with Crippen molar-refractivity contribution in [3.8, 4) is 0 Å². The molecule has 6 heteroatoms. The summed E-state index contributed by atoms with van der Waals surface area (Å²) in [6, 6.07) is 11.4. The van der Waals surface area contributed by atoms with Crippen molar-refractivity contribution >= 4 is 27.8 Å². The molecule has 0 saturated carbocycles. The molecule has 0 aliphatic carbocycles. The number of hydrogen-bond acceptors (Lipinski definition) is 4. The molecule has 5 nitrogen and oxygen atoms in total. The zero-order valence-corrected chi connectivity index (χ0v) is 13.4. The van der Waals surface area contributed by atoms with Gasteiger partial charge in [0.1, 0.15) is 0 Å². The number of nitrogens with zero attached hydrogens (tertiary/aromatic N) is 1. The van der Waals surface area contributed by atoms with Crippen molar-refractivity contribution in [3.63, 3.8) is 0 Å². The molecule has 0 spiro atoms. The van der Waals surface area contributed by atoms with Crippen LogP contribution >= 0.6 is 15.9 Å². The molecule has 1 heterocycles. The van der Waals surface area contributed by atoms with E-state index in [0.717, 1.165) is 12.0 Å². The topological polar surface area (TPSA) is 68.3 Å². The zero-order chi connectivity index (χ0) is 15.8. The summed E-state index contributed by atoms with van der Waals surface area (Å²) in [6.45, 7) is 0.193. The molecule has 2 rings (SSSR count). The first-order chi connectivity index (χ1) is 10.6. The summed E-state index contributed by atoms with van der Waals surface area (Å²) < 4.78 is 5.61. The Labute approximate surface area is 136 Å². The number of halogens is 1. The molecule has 0 aliphatic rings. The van der Waals surface area contributed by atoms with Crippen LogP contribution < -0.4 is 5.32 Å². The molecule has 0 atom stereocenters. The highest BCUT2D eigenvalue weighted by Gasteiger charge is 2.10. The van der Waals surface area contributed by atoms with Crippen LogP contribution in [0, 0.1) is 0 Å². The van der Waals surface area contributed by atoms with E-state index in [1.54, 1.807) is 12.3 Å². The average Bonchev–Trinajstić information content (AvgIpc) is 2.53. The van der Waals surface area contributed by atoms with Crippen LogP contribution in [0.5, 0.6) is 0 Å². The summed E-state index contributed by atoms with van der Waals surface area (Å²) in [5.74, 6) is -0.903. The molecule has 0 fully saturated rings. The molecule has 1 amide bonds. The lowest BCUT2D eigenvalue weighted by Crippen LogP contribution is -2.30. The van der Waals surface area contributed by atoms with Crippen LogP contribution in [-0.4, -0.2) is 30.0 Å². The Hall–Kier alpha value is -2.21. The maximum Gasteiger partial charge on any atom is 0.340 e. The molecule has 114 valence electrons. The molecule has 0 unspecified atom stereocenters. The second-order valence-electron chi connectivity index (χ2n) is 4.55. The van der Waals surface area contributed by atoms with Crippen LogP contribution in [0.3, 0.4) is 0 Å². The number of rotatable bonds is 6. The van der Waals surface area contributed by atoms with Crippen molar-refractivity contribution in [3.05, 3.63) is 64.4 Å². The third-order valence-electron chi connectivity index (χ3n) is 2.85. The Balaban J connectivity index is 1.70. The fourth-order valence-corrected chi connectivity index (χ4v) is 2.14. The van der Waals surface area contributed by atoms with Gasteiger partial charge in [-0.1, -0.05) is 30.3 Å². The van der Waals surface area contributed by atoms with E-state index in [1.165, 1.54) is 6.20 Å². The predicted octanol–water partition coefficient (Wildman–Crippen LogP) is 2.36. The quantitative estimate of drug-likeness (QED) is 0.801. The van der Waals surface area contributed by atoms with E-state index < -0.39 is 5.97 Å². The van der Waals surface area contributed by atoms with Crippen molar-refractivity contribution in [2.75, 3.05) is 13.2 Å². The molecule has 1 N–H and O–H groups in total. The van der Waals surface area contributed by atoms with Crippen LogP contribution in [0.2, 0.25) is 0 Å². The monoisotopic (exact) mass is 362 g/mol. The summed E-state index contributed by atoms with van der Waals surface area (Å²) in [5.41, 5.74) is 1.44. The van der Waals surface area contributed by atoms with E-state index in [0.29, 0.717) is 16.6 Å². The van der Waals surface area contributed by atoms with Crippen LogP contribution in [0.4, 0.5) is 0 Å². The van der Waals surface area contributed by atoms with Crippen LogP contribution in [0.15, 0.2) is 53.3 Å². The molecule has 1 aromatic heterocycles. The van der Waals surface area contributed by atoms with Crippen molar-refractivity contribution in [1.82, 2.24) is 10.3 Å². The first kappa shape index (κ1) is 16.2. The van der Waals surface area contributed by atoms with Gasteiger partial charge < -0.3 is 10.1 Å². The zero-order valence-electron chi connectivity index (χ0n) is 11.8. The van der Waals surface area contributed by atoms with E-state index in [-0.39, 0.29) is 12.5 Å². The lowest BCUT2D eigenvalue weighted by molar-refractivity contribution is -0.124. The van der Waals surface area contributed by atoms with Crippen LogP contribution in [-0.2, 0) is 16.0 Å². The van der Waals surface area contributed by atoms with Crippen LogP contribution in [0.25, 0.3) is 0 Å². The van der Waals surface area contributed by atoms with E-state index in [1.807, 2.05) is 30.3 Å². The van der Waals surface area contributed by atoms with E-state index >= 15 is 0 Å². The molecule has 0 aliphatic heterocycles. The van der Waals surface area contributed by atoms with Gasteiger partial charge in [0.05, 0.1) is 5.56 Å². The molecule has 22 heavy (non-hydrogen) atoms. The van der Waals surface area contributed by atoms with E-state index in [2.05, 4.69) is 26.2 Å². The number of amides is 1. The third kappa shape index (κ3) is 5.29. The Morgan fingerprint density at radius 1 is 1.18 bits per heavy atom. The highest BCUT2D eigenvalue weighted by molar-refractivity contribution is 9.10. The molecule has 2 aromatic rings. The Kier molecular flexibility index (Phi) is 6.09. The number of hydrogen-bond donors (Lipinski definition) is 1. The standard InChI is InChI=1S/C16H15BrN2O3/c17-14-8-13(9-18-10-14)16(21)22-11-15(20)19-7-6-12-4-2-1-3-5-12/h1-5,8-10H,6-7,11H2,(H,19,20). The van der Waals surface area contributed by atoms with Gasteiger partial charge in [-0.05, 0) is 34.0 Å². The first-order valence-corrected chi connectivity index (χ1v) is 7.53. The van der Waals surface area contributed by atoms with Gasteiger partial charge in [-0.15, -0.1) is 0 Å². The third-order valence-corrected chi connectivity index (χ3v) is 3.29. The van der Waals surface area contributed by atoms with Gasteiger partial charge in [-0.2, -0.15) is 0 Å². The number of aromatic nitrogens is 1. The number of carbonyl (C=O) groups excluding carboxylic acids is 2. The fraction of sp³-hybridized carbons (Fsp3) is 0.188. The summed E-state index contributed by atoms with van der Waals surface area (Å²) in [6.07, 6.45) is 3.68. The van der Waals surface area contributed by atoms with E-state index in [9.17, 15) is 9.59 Å². The predicted molar refractivity (Wildman–Crippen MR) is 85.4 cm³/mol. The highest BCUT2D eigenvalue weighted by Crippen LogP contribution is 2.10.